The van der Waals surface area contributed by atoms with Crippen molar-refractivity contribution in [1.29, 1.82) is 0 Å². The normalized spacial score (nSPS) is 19.9. The fraction of sp³-hybridized carbons (Fsp3) is 0.571. The molecule has 0 spiro atoms. The van der Waals surface area contributed by atoms with Gasteiger partial charge in [-0.2, -0.15) is 0 Å². The highest BCUT2D eigenvalue weighted by Crippen LogP contribution is 2.24. The SMILES string of the molecule is CCc1cc(C(=O)O)cc(N2CCCCC2C)n1. The van der Waals surface area contributed by atoms with E-state index in [-0.39, 0.29) is 0 Å². The van der Waals surface area contributed by atoms with E-state index in [0.29, 0.717) is 11.6 Å². The summed E-state index contributed by atoms with van der Waals surface area (Å²) in [7, 11) is 0. The van der Waals surface area contributed by atoms with E-state index in [1.54, 1.807) is 12.1 Å². The van der Waals surface area contributed by atoms with Gasteiger partial charge in [0.15, 0.2) is 0 Å². The highest BCUT2D eigenvalue weighted by atomic mass is 16.4. The summed E-state index contributed by atoms with van der Waals surface area (Å²) in [4.78, 5) is 17.9. The first kappa shape index (κ1) is 12.9. The molecule has 2 heterocycles. The Morgan fingerprint density at radius 2 is 2.28 bits per heavy atom. The number of carbonyl (C=O) groups is 1. The van der Waals surface area contributed by atoms with Gasteiger partial charge in [0.2, 0.25) is 0 Å². The molecule has 0 amide bonds. The van der Waals surface area contributed by atoms with E-state index in [2.05, 4.69) is 16.8 Å². The van der Waals surface area contributed by atoms with Gasteiger partial charge >= 0.3 is 5.97 Å². The third-order valence-corrected chi connectivity index (χ3v) is 3.57. The Morgan fingerprint density at radius 3 is 2.89 bits per heavy atom. The zero-order valence-electron chi connectivity index (χ0n) is 11.0. The third kappa shape index (κ3) is 2.63. The molecular formula is C14H20N2O2. The molecule has 1 aliphatic heterocycles. The lowest BCUT2D eigenvalue weighted by Crippen LogP contribution is -2.38. The Hall–Kier alpha value is -1.58. The first-order valence-corrected chi connectivity index (χ1v) is 6.62. The van der Waals surface area contributed by atoms with Gasteiger partial charge in [0.25, 0.3) is 0 Å². The minimum atomic E-state index is -0.877. The number of pyridine rings is 1. The fourth-order valence-electron chi connectivity index (χ4n) is 2.46. The van der Waals surface area contributed by atoms with Crippen LogP contribution in [0.3, 0.4) is 0 Å². The number of aromatic carboxylic acids is 1. The lowest BCUT2D eigenvalue weighted by Gasteiger charge is -2.34. The highest BCUT2D eigenvalue weighted by Gasteiger charge is 2.21. The Labute approximate surface area is 108 Å². The topological polar surface area (TPSA) is 53.4 Å². The van der Waals surface area contributed by atoms with E-state index in [4.69, 9.17) is 5.11 Å². The van der Waals surface area contributed by atoms with Crippen molar-refractivity contribution in [3.63, 3.8) is 0 Å². The van der Waals surface area contributed by atoms with Crippen molar-refractivity contribution in [3.8, 4) is 0 Å². The van der Waals surface area contributed by atoms with Crippen molar-refractivity contribution in [2.75, 3.05) is 11.4 Å². The molecule has 2 rings (SSSR count). The van der Waals surface area contributed by atoms with Gasteiger partial charge in [-0.1, -0.05) is 6.92 Å². The van der Waals surface area contributed by atoms with E-state index in [1.165, 1.54) is 6.42 Å². The Balaban J connectivity index is 2.36. The first-order valence-electron chi connectivity index (χ1n) is 6.62. The molecular weight excluding hydrogens is 228 g/mol. The first-order chi connectivity index (χ1) is 8.61. The number of aryl methyl sites for hydroxylation is 1. The lowest BCUT2D eigenvalue weighted by atomic mass is 10.0. The quantitative estimate of drug-likeness (QED) is 0.893. The van der Waals surface area contributed by atoms with Crippen LogP contribution < -0.4 is 4.90 Å². The number of rotatable bonds is 3. The zero-order valence-corrected chi connectivity index (χ0v) is 11.0. The van der Waals surface area contributed by atoms with Crippen LogP contribution in [0.4, 0.5) is 5.82 Å². The molecule has 1 N–H and O–H groups in total. The number of piperidine rings is 1. The minimum absolute atomic E-state index is 0.342. The number of hydrogen-bond donors (Lipinski definition) is 1. The van der Waals surface area contributed by atoms with Crippen molar-refractivity contribution in [1.82, 2.24) is 4.98 Å². The predicted molar refractivity (Wildman–Crippen MR) is 71.2 cm³/mol. The standard InChI is InChI=1S/C14H20N2O2/c1-3-12-8-11(14(17)18)9-13(15-12)16-7-5-4-6-10(16)2/h8-10H,3-7H2,1-2H3,(H,17,18). The van der Waals surface area contributed by atoms with E-state index in [1.807, 2.05) is 6.92 Å². The Bertz CT molecular complexity index is 445. The summed E-state index contributed by atoms with van der Waals surface area (Å²) in [5, 5.41) is 9.15. The molecule has 4 heteroatoms. The van der Waals surface area contributed by atoms with Crippen LogP contribution in [-0.4, -0.2) is 28.6 Å². The maximum atomic E-state index is 11.1. The molecule has 1 saturated heterocycles. The van der Waals surface area contributed by atoms with Crippen LogP contribution in [0, 0.1) is 0 Å². The summed E-state index contributed by atoms with van der Waals surface area (Å²) in [6.07, 6.45) is 4.32. The second-order valence-corrected chi connectivity index (χ2v) is 4.90. The molecule has 1 atom stereocenters. The van der Waals surface area contributed by atoms with Gasteiger partial charge in [-0.3, -0.25) is 0 Å². The number of aromatic nitrogens is 1. The largest absolute Gasteiger partial charge is 0.478 e. The number of anilines is 1. The summed E-state index contributed by atoms with van der Waals surface area (Å²) >= 11 is 0. The van der Waals surface area contributed by atoms with Crippen molar-refractivity contribution >= 4 is 11.8 Å². The molecule has 0 radical (unpaired) electrons. The Morgan fingerprint density at radius 1 is 1.50 bits per heavy atom. The van der Waals surface area contributed by atoms with Crippen LogP contribution in [-0.2, 0) is 6.42 Å². The molecule has 1 aromatic heterocycles. The summed E-state index contributed by atoms with van der Waals surface area (Å²) in [6.45, 7) is 5.15. The molecule has 0 bridgehead atoms. The van der Waals surface area contributed by atoms with Crippen LogP contribution in [0.2, 0.25) is 0 Å². The zero-order chi connectivity index (χ0) is 13.1. The molecule has 1 fully saturated rings. The molecule has 1 aromatic rings. The maximum absolute atomic E-state index is 11.1. The molecule has 18 heavy (non-hydrogen) atoms. The van der Waals surface area contributed by atoms with Gasteiger partial charge in [0.05, 0.1) is 5.56 Å². The van der Waals surface area contributed by atoms with Gasteiger partial charge in [-0.05, 0) is 44.7 Å². The minimum Gasteiger partial charge on any atom is -0.478 e. The molecule has 0 aliphatic carbocycles. The average Bonchev–Trinajstić information content (AvgIpc) is 2.38. The van der Waals surface area contributed by atoms with E-state index in [0.717, 1.165) is 37.3 Å². The van der Waals surface area contributed by atoms with Crippen LogP contribution >= 0.6 is 0 Å². The van der Waals surface area contributed by atoms with Crippen molar-refractivity contribution in [2.45, 2.75) is 45.6 Å². The van der Waals surface area contributed by atoms with E-state index < -0.39 is 5.97 Å². The van der Waals surface area contributed by atoms with Gasteiger partial charge in [0.1, 0.15) is 5.82 Å². The molecule has 1 unspecified atom stereocenters. The summed E-state index contributed by atoms with van der Waals surface area (Å²) < 4.78 is 0. The van der Waals surface area contributed by atoms with Crippen molar-refractivity contribution in [2.24, 2.45) is 0 Å². The van der Waals surface area contributed by atoms with Crippen molar-refractivity contribution in [3.05, 3.63) is 23.4 Å². The second kappa shape index (κ2) is 5.38. The number of carboxylic acids is 1. The van der Waals surface area contributed by atoms with Crippen LogP contribution in [0.15, 0.2) is 12.1 Å². The van der Waals surface area contributed by atoms with Gasteiger partial charge < -0.3 is 10.0 Å². The molecule has 0 saturated carbocycles. The van der Waals surface area contributed by atoms with E-state index in [9.17, 15) is 4.79 Å². The summed E-state index contributed by atoms with van der Waals surface area (Å²) in [5.74, 6) is -0.0584. The monoisotopic (exact) mass is 248 g/mol. The highest BCUT2D eigenvalue weighted by molar-refractivity contribution is 5.88. The molecule has 0 aromatic carbocycles. The average molecular weight is 248 g/mol. The lowest BCUT2D eigenvalue weighted by molar-refractivity contribution is 0.0696. The maximum Gasteiger partial charge on any atom is 0.335 e. The number of carboxylic acid groups (broad SMARTS) is 1. The molecule has 4 nitrogen and oxygen atoms in total. The fourth-order valence-corrected chi connectivity index (χ4v) is 2.46. The third-order valence-electron chi connectivity index (χ3n) is 3.57. The molecule has 98 valence electrons. The number of nitrogens with zero attached hydrogens (tertiary/aromatic N) is 2. The smallest absolute Gasteiger partial charge is 0.335 e. The van der Waals surface area contributed by atoms with Crippen molar-refractivity contribution < 1.29 is 9.90 Å². The second-order valence-electron chi connectivity index (χ2n) is 4.90. The van der Waals surface area contributed by atoms with E-state index >= 15 is 0 Å². The summed E-state index contributed by atoms with van der Waals surface area (Å²) in [5.41, 5.74) is 1.19. The predicted octanol–water partition coefficient (Wildman–Crippen LogP) is 2.72. The number of hydrogen-bond acceptors (Lipinski definition) is 3. The summed E-state index contributed by atoms with van der Waals surface area (Å²) in [6, 6.07) is 3.81. The van der Waals surface area contributed by atoms with Gasteiger partial charge in [0, 0.05) is 18.3 Å². The van der Waals surface area contributed by atoms with Crippen LogP contribution in [0.25, 0.3) is 0 Å². The molecule has 1 aliphatic rings. The van der Waals surface area contributed by atoms with Crippen LogP contribution in [0.1, 0.15) is 49.2 Å². The van der Waals surface area contributed by atoms with Gasteiger partial charge in [-0.25, -0.2) is 9.78 Å². The van der Waals surface area contributed by atoms with Crippen LogP contribution in [0.5, 0.6) is 0 Å². The Kier molecular flexibility index (Phi) is 3.84. The van der Waals surface area contributed by atoms with Gasteiger partial charge in [-0.15, -0.1) is 0 Å².